The molecule has 0 spiro atoms. The van der Waals surface area contributed by atoms with Crippen LogP contribution in [0.2, 0.25) is 5.02 Å². The molecule has 2 aromatic rings. The summed E-state index contributed by atoms with van der Waals surface area (Å²) in [6.07, 6.45) is 0. The number of hydrogen-bond acceptors (Lipinski definition) is 2. The molecule has 2 atom stereocenters. The largest absolute Gasteiger partial charge is 0.325 e. The van der Waals surface area contributed by atoms with E-state index in [1.54, 1.807) is 0 Å². The minimum absolute atomic E-state index is 0.0389. The average Bonchev–Trinajstić information content (AvgIpc) is 2.47. The standard InChI is InChI=1S/C18H21ClN2O/c1-12-6-4-9-17(10-12)21-18(22)14(3)20-13(2)15-7-5-8-16(19)11-15/h4-11,13-14,20H,1-3H3,(H,21,22)/t13-,14+/m1/s1. The van der Waals surface area contributed by atoms with Crippen LogP contribution in [-0.4, -0.2) is 11.9 Å². The van der Waals surface area contributed by atoms with Crippen molar-refractivity contribution in [1.82, 2.24) is 5.32 Å². The molecule has 4 heteroatoms. The maximum absolute atomic E-state index is 12.3. The van der Waals surface area contributed by atoms with Gasteiger partial charge in [0, 0.05) is 16.8 Å². The van der Waals surface area contributed by atoms with Crippen molar-refractivity contribution in [2.45, 2.75) is 32.9 Å². The summed E-state index contributed by atoms with van der Waals surface area (Å²) >= 11 is 6.00. The van der Waals surface area contributed by atoms with Crippen molar-refractivity contribution in [3.8, 4) is 0 Å². The van der Waals surface area contributed by atoms with E-state index in [2.05, 4.69) is 10.6 Å². The van der Waals surface area contributed by atoms with Crippen LogP contribution in [0, 0.1) is 6.92 Å². The van der Waals surface area contributed by atoms with Gasteiger partial charge in [0.05, 0.1) is 6.04 Å². The van der Waals surface area contributed by atoms with E-state index in [9.17, 15) is 4.79 Å². The summed E-state index contributed by atoms with van der Waals surface area (Å²) in [5.74, 6) is -0.0560. The van der Waals surface area contributed by atoms with E-state index in [4.69, 9.17) is 11.6 Å². The summed E-state index contributed by atoms with van der Waals surface area (Å²) in [7, 11) is 0. The van der Waals surface area contributed by atoms with Crippen molar-refractivity contribution >= 4 is 23.2 Å². The van der Waals surface area contributed by atoms with E-state index in [0.29, 0.717) is 5.02 Å². The Bertz CT molecular complexity index is 657. The van der Waals surface area contributed by atoms with Gasteiger partial charge in [0.1, 0.15) is 0 Å². The van der Waals surface area contributed by atoms with Crippen LogP contribution < -0.4 is 10.6 Å². The van der Waals surface area contributed by atoms with Gasteiger partial charge in [-0.1, -0.05) is 35.9 Å². The Morgan fingerprint density at radius 2 is 1.82 bits per heavy atom. The first-order valence-electron chi connectivity index (χ1n) is 7.35. The lowest BCUT2D eigenvalue weighted by molar-refractivity contribution is -0.117. The number of benzene rings is 2. The number of aryl methyl sites for hydroxylation is 1. The van der Waals surface area contributed by atoms with Crippen molar-refractivity contribution in [1.29, 1.82) is 0 Å². The molecule has 0 fully saturated rings. The van der Waals surface area contributed by atoms with E-state index in [-0.39, 0.29) is 18.0 Å². The first kappa shape index (κ1) is 16.5. The smallest absolute Gasteiger partial charge is 0.241 e. The molecule has 2 N–H and O–H groups in total. The predicted octanol–water partition coefficient (Wildman–Crippen LogP) is 4.33. The molecular weight excluding hydrogens is 296 g/mol. The fourth-order valence-corrected chi connectivity index (χ4v) is 2.49. The van der Waals surface area contributed by atoms with E-state index < -0.39 is 0 Å². The van der Waals surface area contributed by atoms with Gasteiger partial charge in [-0.15, -0.1) is 0 Å². The SMILES string of the molecule is Cc1cccc(NC(=O)[C@H](C)N[C@H](C)c2cccc(Cl)c2)c1. The zero-order valence-electron chi connectivity index (χ0n) is 13.1. The molecule has 0 aliphatic rings. The summed E-state index contributed by atoms with van der Waals surface area (Å²) in [5.41, 5.74) is 2.99. The van der Waals surface area contributed by atoms with Crippen molar-refractivity contribution in [2.75, 3.05) is 5.32 Å². The molecule has 3 nitrogen and oxygen atoms in total. The van der Waals surface area contributed by atoms with Gasteiger partial charge in [0.2, 0.25) is 5.91 Å². The zero-order valence-corrected chi connectivity index (χ0v) is 13.8. The van der Waals surface area contributed by atoms with Gasteiger partial charge >= 0.3 is 0 Å². The third-order valence-corrected chi connectivity index (χ3v) is 3.76. The van der Waals surface area contributed by atoms with Gasteiger partial charge in [-0.05, 0) is 56.2 Å². The number of carbonyl (C=O) groups is 1. The summed E-state index contributed by atoms with van der Waals surface area (Å²) in [4.78, 5) is 12.3. The minimum atomic E-state index is -0.311. The number of rotatable bonds is 5. The second-order valence-corrected chi connectivity index (χ2v) is 5.96. The number of hydrogen-bond donors (Lipinski definition) is 2. The Hall–Kier alpha value is -1.84. The van der Waals surface area contributed by atoms with Gasteiger partial charge in [-0.2, -0.15) is 0 Å². The number of halogens is 1. The van der Waals surface area contributed by atoms with Crippen molar-refractivity contribution in [3.05, 3.63) is 64.7 Å². The highest BCUT2D eigenvalue weighted by Crippen LogP contribution is 2.18. The van der Waals surface area contributed by atoms with Crippen LogP contribution in [0.5, 0.6) is 0 Å². The molecule has 0 aromatic heterocycles. The lowest BCUT2D eigenvalue weighted by atomic mass is 10.1. The van der Waals surface area contributed by atoms with Crippen molar-refractivity contribution in [3.63, 3.8) is 0 Å². The summed E-state index contributed by atoms with van der Waals surface area (Å²) in [6.45, 7) is 5.87. The molecule has 1 amide bonds. The van der Waals surface area contributed by atoms with Crippen LogP contribution >= 0.6 is 11.6 Å². The molecule has 0 heterocycles. The van der Waals surface area contributed by atoms with Crippen molar-refractivity contribution in [2.24, 2.45) is 0 Å². The summed E-state index contributed by atoms with van der Waals surface area (Å²) < 4.78 is 0. The number of anilines is 1. The molecule has 2 aromatic carbocycles. The molecule has 0 aliphatic carbocycles. The fraction of sp³-hybridized carbons (Fsp3) is 0.278. The highest BCUT2D eigenvalue weighted by molar-refractivity contribution is 6.30. The molecule has 0 unspecified atom stereocenters. The molecule has 22 heavy (non-hydrogen) atoms. The molecule has 116 valence electrons. The number of nitrogens with one attached hydrogen (secondary N) is 2. The molecule has 0 aliphatic heterocycles. The molecule has 2 rings (SSSR count). The Balaban J connectivity index is 1.96. The Labute approximate surface area is 136 Å². The van der Waals surface area contributed by atoms with E-state index in [1.165, 1.54) is 0 Å². The number of carbonyl (C=O) groups excluding carboxylic acids is 1. The van der Waals surface area contributed by atoms with Crippen LogP contribution in [0.25, 0.3) is 0 Å². The Morgan fingerprint density at radius 3 is 2.50 bits per heavy atom. The molecular formula is C18H21ClN2O. The van der Waals surface area contributed by atoms with E-state index in [0.717, 1.165) is 16.8 Å². The quantitative estimate of drug-likeness (QED) is 0.862. The van der Waals surface area contributed by atoms with Crippen molar-refractivity contribution < 1.29 is 4.79 Å². The highest BCUT2D eigenvalue weighted by Gasteiger charge is 2.16. The third kappa shape index (κ3) is 4.58. The van der Waals surface area contributed by atoms with Crippen LogP contribution in [-0.2, 0) is 4.79 Å². The summed E-state index contributed by atoms with van der Waals surface area (Å²) in [5, 5.41) is 6.91. The summed E-state index contributed by atoms with van der Waals surface area (Å²) in [6, 6.07) is 15.1. The minimum Gasteiger partial charge on any atom is -0.325 e. The van der Waals surface area contributed by atoms with Crippen LogP contribution in [0.3, 0.4) is 0 Å². The van der Waals surface area contributed by atoms with E-state index >= 15 is 0 Å². The van der Waals surface area contributed by atoms with Crippen LogP contribution in [0.15, 0.2) is 48.5 Å². The van der Waals surface area contributed by atoms with Crippen LogP contribution in [0.1, 0.15) is 31.0 Å². The molecule has 0 saturated heterocycles. The zero-order chi connectivity index (χ0) is 16.1. The molecule has 0 radical (unpaired) electrons. The lowest BCUT2D eigenvalue weighted by Gasteiger charge is -2.20. The van der Waals surface area contributed by atoms with Gasteiger partial charge < -0.3 is 5.32 Å². The van der Waals surface area contributed by atoms with Gasteiger partial charge in [0.15, 0.2) is 0 Å². The maximum atomic E-state index is 12.3. The Kier molecular flexibility index (Phi) is 5.58. The number of amides is 1. The van der Waals surface area contributed by atoms with Gasteiger partial charge in [-0.3, -0.25) is 10.1 Å². The second kappa shape index (κ2) is 7.43. The Morgan fingerprint density at radius 1 is 1.09 bits per heavy atom. The maximum Gasteiger partial charge on any atom is 0.241 e. The van der Waals surface area contributed by atoms with Gasteiger partial charge in [0.25, 0.3) is 0 Å². The van der Waals surface area contributed by atoms with Crippen LogP contribution in [0.4, 0.5) is 5.69 Å². The molecule has 0 bridgehead atoms. The highest BCUT2D eigenvalue weighted by atomic mass is 35.5. The fourth-order valence-electron chi connectivity index (χ4n) is 2.30. The predicted molar refractivity (Wildman–Crippen MR) is 92.3 cm³/mol. The second-order valence-electron chi connectivity index (χ2n) is 5.52. The average molecular weight is 317 g/mol. The third-order valence-electron chi connectivity index (χ3n) is 3.53. The first-order valence-corrected chi connectivity index (χ1v) is 7.72. The molecule has 0 saturated carbocycles. The van der Waals surface area contributed by atoms with E-state index in [1.807, 2.05) is 69.3 Å². The van der Waals surface area contributed by atoms with Gasteiger partial charge in [-0.25, -0.2) is 0 Å². The monoisotopic (exact) mass is 316 g/mol. The lowest BCUT2D eigenvalue weighted by Crippen LogP contribution is -2.39. The first-order chi connectivity index (χ1) is 10.5. The topological polar surface area (TPSA) is 41.1 Å². The normalized spacial score (nSPS) is 13.5.